The second kappa shape index (κ2) is 8.08. The highest BCUT2D eigenvalue weighted by atomic mass is 16.1. The molecule has 1 aliphatic carbocycles. The number of carbonyl (C=O) groups excluding carboxylic acids is 1. The molecule has 2 rings (SSSR count). The Morgan fingerprint density at radius 1 is 1.36 bits per heavy atom. The first kappa shape index (κ1) is 15.9. The highest BCUT2D eigenvalue weighted by Gasteiger charge is 2.13. The van der Waals surface area contributed by atoms with Gasteiger partial charge in [-0.25, -0.2) is 4.99 Å². The van der Waals surface area contributed by atoms with Crippen molar-refractivity contribution in [1.82, 2.24) is 5.32 Å². The van der Waals surface area contributed by atoms with Gasteiger partial charge in [0.25, 0.3) is 0 Å². The van der Waals surface area contributed by atoms with Crippen LogP contribution in [0.2, 0.25) is 0 Å². The van der Waals surface area contributed by atoms with Crippen LogP contribution in [-0.4, -0.2) is 24.5 Å². The van der Waals surface area contributed by atoms with Crippen molar-refractivity contribution in [2.24, 2.45) is 10.7 Å². The molecule has 0 atom stereocenters. The van der Waals surface area contributed by atoms with E-state index in [4.69, 9.17) is 12.2 Å². The smallest absolute Gasteiger partial charge is 0.246 e. The van der Waals surface area contributed by atoms with Crippen LogP contribution < -0.4 is 16.4 Å². The molecule has 0 saturated heterocycles. The Kier molecular flexibility index (Phi) is 5.84. The van der Waals surface area contributed by atoms with E-state index >= 15 is 0 Å². The quantitative estimate of drug-likeness (QED) is 0.451. The minimum Gasteiger partial charge on any atom is -0.370 e. The third-order valence-corrected chi connectivity index (χ3v) is 3.66. The Morgan fingerprint density at radius 2 is 2.14 bits per heavy atom. The Balaban J connectivity index is 1.80. The van der Waals surface area contributed by atoms with Crippen LogP contribution in [0, 0.1) is 12.3 Å². The van der Waals surface area contributed by atoms with E-state index in [2.05, 4.69) is 21.5 Å². The zero-order valence-electron chi connectivity index (χ0n) is 12.6. The zero-order chi connectivity index (χ0) is 15.8. The maximum atomic E-state index is 11.9. The van der Waals surface area contributed by atoms with Crippen LogP contribution in [-0.2, 0) is 4.79 Å². The molecule has 0 spiro atoms. The van der Waals surface area contributed by atoms with Crippen molar-refractivity contribution < 1.29 is 4.79 Å². The number of anilines is 1. The number of hydrogen-bond acceptors (Lipinski definition) is 2. The van der Waals surface area contributed by atoms with Crippen LogP contribution in [0.5, 0.6) is 0 Å². The van der Waals surface area contributed by atoms with E-state index in [0.717, 1.165) is 18.4 Å². The number of benzene rings is 1. The van der Waals surface area contributed by atoms with Crippen LogP contribution in [0.15, 0.2) is 29.3 Å². The van der Waals surface area contributed by atoms with Gasteiger partial charge < -0.3 is 16.4 Å². The highest BCUT2D eigenvalue weighted by molar-refractivity contribution is 5.94. The fourth-order valence-electron chi connectivity index (χ4n) is 2.55. The zero-order valence-corrected chi connectivity index (χ0v) is 12.6. The summed E-state index contributed by atoms with van der Waals surface area (Å²) >= 11 is 0. The molecule has 5 nitrogen and oxygen atoms in total. The van der Waals surface area contributed by atoms with E-state index < -0.39 is 0 Å². The molecule has 0 aliphatic heterocycles. The predicted octanol–water partition coefficient (Wildman–Crippen LogP) is 1.84. The number of carbonyl (C=O) groups is 1. The lowest BCUT2D eigenvalue weighted by molar-refractivity contribution is -0.114. The van der Waals surface area contributed by atoms with Crippen molar-refractivity contribution in [1.29, 1.82) is 0 Å². The topological polar surface area (TPSA) is 79.5 Å². The Labute approximate surface area is 131 Å². The average Bonchev–Trinajstić information content (AvgIpc) is 2.54. The molecule has 1 saturated carbocycles. The van der Waals surface area contributed by atoms with Gasteiger partial charge in [0.2, 0.25) is 5.91 Å². The summed E-state index contributed by atoms with van der Waals surface area (Å²) in [6.07, 6.45) is 11.3. The second-order valence-electron chi connectivity index (χ2n) is 5.45. The average molecular weight is 298 g/mol. The molecule has 0 bridgehead atoms. The molecule has 116 valence electrons. The number of hydrogen-bond donors (Lipinski definition) is 3. The van der Waals surface area contributed by atoms with Crippen LogP contribution in [0.3, 0.4) is 0 Å². The SMILES string of the molecule is C#Cc1cccc(NC(=O)CN=C(N)NC2CCCCC2)c1. The standard InChI is InChI=1S/C17H22N4O/c1-2-13-7-6-10-15(11-13)20-16(22)12-19-17(18)21-14-8-4-3-5-9-14/h1,6-7,10-11,14H,3-5,8-9,12H2,(H,20,22)(H3,18,19,21). The summed E-state index contributed by atoms with van der Waals surface area (Å²) in [6.45, 7) is -0.00810. The number of terminal acetylenes is 1. The first-order chi connectivity index (χ1) is 10.7. The summed E-state index contributed by atoms with van der Waals surface area (Å²) in [6, 6.07) is 7.51. The molecule has 0 aromatic heterocycles. The van der Waals surface area contributed by atoms with Gasteiger partial charge in [-0.2, -0.15) is 0 Å². The van der Waals surface area contributed by atoms with Gasteiger partial charge >= 0.3 is 0 Å². The molecule has 1 fully saturated rings. The number of aliphatic imine (C=N–C) groups is 1. The minimum absolute atomic E-state index is 0.00810. The molecule has 4 N–H and O–H groups in total. The van der Waals surface area contributed by atoms with Crippen molar-refractivity contribution >= 4 is 17.6 Å². The summed E-state index contributed by atoms with van der Waals surface area (Å²) in [5, 5.41) is 5.93. The summed E-state index contributed by atoms with van der Waals surface area (Å²) in [4.78, 5) is 15.9. The Hall–Kier alpha value is -2.48. The molecule has 5 heteroatoms. The minimum atomic E-state index is -0.220. The van der Waals surface area contributed by atoms with Gasteiger partial charge in [-0.15, -0.1) is 6.42 Å². The summed E-state index contributed by atoms with van der Waals surface area (Å²) in [5.41, 5.74) is 7.21. The summed E-state index contributed by atoms with van der Waals surface area (Å²) < 4.78 is 0. The van der Waals surface area contributed by atoms with Crippen molar-refractivity contribution in [3.63, 3.8) is 0 Å². The first-order valence-corrected chi connectivity index (χ1v) is 7.60. The number of amides is 1. The second-order valence-corrected chi connectivity index (χ2v) is 5.45. The molecule has 0 heterocycles. The molecule has 1 amide bonds. The number of guanidine groups is 1. The Bertz CT molecular complexity index is 583. The van der Waals surface area contributed by atoms with Crippen molar-refractivity contribution in [3.05, 3.63) is 29.8 Å². The lowest BCUT2D eigenvalue weighted by Gasteiger charge is -2.23. The molecular formula is C17H22N4O. The van der Waals surface area contributed by atoms with E-state index in [1.54, 1.807) is 24.3 Å². The molecular weight excluding hydrogens is 276 g/mol. The van der Waals surface area contributed by atoms with Crippen LogP contribution in [0.25, 0.3) is 0 Å². The fourth-order valence-corrected chi connectivity index (χ4v) is 2.55. The van der Waals surface area contributed by atoms with E-state index in [0.29, 0.717) is 17.7 Å². The summed E-state index contributed by atoms with van der Waals surface area (Å²) in [5.74, 6) is 2.64. The number of rotatable bonds is 4. The molecule has 22 heavy (non-hydrogen) atoms. The number of nitrogens with zero attached hydrogens (tertiary/aromatic N) is 1. The normalized spacial score (nSPS) is 15.9. The maximum absolute atomic E-state index is 11.9. The predicted molar refractivity (Wildman–Crippen MR) is 89.5 cm³/mol. The molecule has 0 unspecified atom stereocenters. The van der Waals surface area contributed by atoms with Crippen molar-refractivity contribution in [3.8, 4) is 12.3 Å². The van der Waals surface area contributed by atoms with Gasteiger partial charge in [0, 0.05) is 17.3 Å². The fraction of sp³-hybridized carbons (Fsp3) is 0.412. The third-order valence-electron chi connectivity index (χ3n) is 3.66. The van der Waals surface area contributed by atoms with E-state index in [-0.39, 0.29) is 12.5 Å². The van der Waals surface area contributed by atoms with Crippen molar-refractivity contribution in [2.75, 3.05) is 11.9 Å². The van der Waals surface area contributed by atoms with Gasteiger partial charge in [-0.3, -0.25) is 4.79 Å². The molecule has 1 aliphatic rings. The largest absolute Gasteiger partial charge is 0.370 e. The van der Waals surface area contributed by atoms with Gasteiger partial charge in [0.15, 0.2) is 5.96 Å². The van der Waals surface area contributed by atoms with Gasteiger partial charge in [0.05, 0.1) is 0 Å². The van der Waals surface area contributed by atoms with E-state index in [1.807, 2.05) is 0 Å². The van der Waals surface area contributed by atoms with Crippen LogP contribution in [0.1, 0.15) is 37.7 Å². The van der Waals surface area contributed by atoms with Gasteiger partial charge in [-0.05, 0) is 31.0 Å². The first-order valence-electron chi connectivity index (χ1n) is 7.60. The number of nitrogens with one attached hydrogen (secondary N) is 2. The van der Waals surface area contributed by atoms with Crippen LogP contribution >= 0.6 is 0 Å². The Morgan fingerprint density at radius 3 is 2.86 bits per heavy atom. The molecule has 0 radical (unpaired) electrons. The monoisotopic (exact) mass is 298 g/mol. The maximum Gasteiger partial charge on any atom is 0.246 e. The molecule has 1 aromatic rings. The van der Waals surface area contributed by atoms with Crippen LogP contribution in [0.4, 0.5) is 5.69 Å². The third kappa shape index (κ3) is 5.13. The van der Waals surface area contributed by atoms with Gasteiger partial charge in [0.1, 0.15) is 6.54 Å². The van der Waals surface area contributed by atoms with Crippen molar-refractivity contribution in [2.45, 2.75) is 38.1 Å². The van der Waals surface area contributed by atoms with Gasteiger partial charge in [-0.1, -0.05) is 31.2 Å². The lowest BCUT2D eigenvalue weighted by atomic mass is 9.96. The molecule has 1 aromatic carbocycles. The number of nitrogens with two attached hydrogens (primary N) is 1. The van der Waals surface area contributed by atoms with E-state index in [1.165, 1.54) is 19.3 Å². The van der Waals surface area contributed by atoms with E-state index in [9.17, 15) is 4.79 Å². The lowest BCUT2D eigenvalue weighted by Crippen LogP contribution is -2.41. The highest BCUT2D eigenvalue weighted by Crippen LogP contribution is 2.17. The summed E-state index contributed by atoms with van der Waals surface area (Å²) in [7, 11) is 0.